The van der Waals surface area contributed by atoms with Crippen LogP contribution in [0.15, 0.2) is 23.4 Å². The Labute approximate surface area is 211 Å². The molecule has 8 nitrogen and oxygen atoms in total. The maximum atomic E-state index is 12.8. The summed E-state index contributed by atoms with van der Waals surface area (Å²) in [4.78, 5) is 26.4. The van der Waals surface area contributed by atoms with Gasteiger partial charge in [-0.05, 0) is 48.9 Å². The molecule has 0 bridgehead atoms. The van der Waals surface area contributed by atoms with Crippen molar-refractivity contribution in [2.75, 3.05) is 25.3 Å². The van der Waals surface area contributed by atoms with E-state index in [1.54, 1.807) is 29.9 Å². The first kappa shape index (κ1) is 24.6. The number of rotatable bonds is 7. The lowest BCUT2D eigenvalue weighted by molar-refractivity contribution is -0.113. The molecule has 3 aromatic rings. The van der Waals surface area contributed by atoms with Gasteiger partial charge in [-0.1, -0.05) is 30.3 Å². The van der Waals surface area contributed by atoms with Gasteiger partial charge >= 0.3 is 5.97 Å². The molecule has 0 saturated carbocycles. The molecule has 1 unspecified atom stereocenters. The van der Waals surface area contributed by atoms with Crippen molar-refractivity contribution < 1.29 is 19.1 Å². The second-order valence-electron chi connectivity index (χ2n) is 8.09. The zero-order valence-electron chi connectivity index (χ0n) is 19.3. The summed E-state index contributed by atoms with van der Waals surface area (Å²) in [6, 6.07) is 5.28. The average Bonchev–Trinajstić information content (AvgIpc) is 3.36. The number of esters is 1. The number of carbonyl (C=O) groups is 2. The van der Waals surface area contributed by atoms with Crippen LogP contribution in [0, 0.1) is 5.92 Å². The van der Waals surface area contributed by atoms with Crippen LogP contribution >= 0.6 is 34.7 Å². The molecule has 1 aliphatic rings. The van der Waals surface area contributed by atoms with Crippen LogP contribution in [0.3, 0.4) is 0 Å². The lowest BCUT2D eigenvalue weighted by Crippen LogP contribution is -2.17. The number of amides is 1. The minimum atomic E-state index is -0.414. The molecule has 1 aliphatic carbocycles. The monoisotopic (exact) mass is 520 g/mol. The number of ether oxygens (including phenoxy) is 2. The number of halogens is 1. The number of thioether (sulfide) groups is 1. The zero-order chi connectivity index (χ0) is 24.4. The van der Waals surface area contributed by atoms with Crippen LogP contribution in [0.2, 0.25) is 5.02 Å². The summed E-state index contributed by atoms with van der Waals surface area (Å²) in [6.07, 6.45) is 2.74. The summed E-state index contributed by atoms with van der Waals surface area (Å²) in [6.45, 7) is 2.20. The van der Waals surface area contributed by atoms with Gasteiger partial charge in [-0.3, -0.25) is 4.79 Å². The topological polar surface area (TPSA) is 95.3 Å². The van der Waals surface area contributed by atoms with Crippen LogP contribution in [-0.4, -0.2) is 46.6 Å². The third-order valence-corrected chi connectivity index (χ3v) is 8.15. The first-order chi connectivity index (χ1) is 16.3. The molecular formula is C23H25ClN4O4S2. The SMILES string of the molecule is COC(=O)c1c(NC(=O)CSc2nnc(-c3cc(Cl)ccc3OC)n2C)sc2c1CCC(C)C2. The summed E-state index contributed by atoms with van der Waals surface area (Å²) < 4.78 is 12.2. The fourth-order valence-corrected chi connectivity index (χ4v) is 6.28. The van der Waals surface area contributed by atoms with Crippen LogP contribution in [0.5, 0.6) is 5.75 Å². The largest absolute Gasteiger partial charge is 0.496 e. The highest BCUT2D eigenvalue weighted by molar-refractivity contribution is 7.99. The second-order valence-corrected chi connectivity index (χ2v) is 10.6. The molecule has 0 radical (unpaired) electrons. The van der Waals surface area contributed by atoms with Crippen molar-refractivity contribution in [3.05, 3.63) is 39.2 Å². The van der Waals surface area contributed by atoms with Crippen LogP contribution in [0.4, 0.5) is 5.00 Å². The summed E-state index contributed by atoms with van der Waals surface area (Å²) in [5.74, 6) is 1.22. The quantitative estimate of drug-likeness (QED) is 0.351. The number of aromatic nitrogens is 3. The van der Waals surface area contributed by atoms with E-state index in [1.807, 2.05) is 7.05 Å². The number of thiophene rings is 1. The van der Waals surface area contributed by atoms with Crippen LogP contribution in [0.1, 0.15) is 34.1 Å². The first-order valence-electron chi connectivity index (χ1n) is 10.7. The Kier molecular flexibility index (Phi) is 7.49. The number of methoxy groups -OCH3 is 2. The zero-order valence-corrected chi connectivity index (χ0v) is 21.7. The fraction of sp³-hybridized carbons (Fsp3) is 0.391. The molecule has 0 aliphatic heterocycles. The van der Waals surface area contributed by atoms with Crippen molar-refractivity contribution in [3.8, 4) is 17.1 Å². The van der Waals surface area contributed by atoms with Gasteiger partial charge in [0.1, 0.15) is 10.8 Å². The minimum Gasteiger partial charge on any atom is -0.496 e. The van der Waals surface area contributed by atoms with Crippen LogP contribution in [0.25, 0.3) is 11.4 Å². The Morgan fingerprint density at radius 3 is 2.85 bits per heavy atom. The van der Waals surface area contributed by atoms with Crippen LogP contribution in [-0.2, 0) is 29.4 Å². The Morgan fingerprint density at radius 1 is 1.32 bits per heavy atom. The summed E-state index contributed by atoms with van der Waals surface area (Å²) in [5.41, 5.74) is 2.20. The molecule has 1 atom stereocenters. The van der Waals surface area contributed by atoms with E-state index in [9.17, 15) is 9.59 Å². The van der Waals surface area contributed by atoms with Crippen molar-refractivity contribution in [1.29, 1.82) is 0 Å². The maximum absolute atomic E-state index is 12.8. The summed E-state index contributed by atoms with van der Waals surface area (Å²) in [5, 5.41) is 13.1. The minimum absolute atomic E-state index is 0.109. The number of anilines is 1. The van der Waals surface area contributed by atoms with Gasteiger partial charge in [0.25, 0.3) is 0 Å². The van der Waals surface area contributed by atoms with E-state index in [0.29, 0.717) is 43.8 Å². The average molecular weight is 521 g/mol. The normalized spacial score (nSPS) is 15.0. The first-order valence-corrected chi connectivity index (χ1v) is 12.9. The Hall–Kier alpha value is -2.56. The van der Waals surface area contributed by atoms with E-state index in [2.05, 4.69) is 22.4 Å². The Balaban J connectivity index is 1.49. The third-order valence-electron chi connectivity index (χ3n) is 5.72. The highest BCUT2D eigenvalue weighted by Gasteiger charge is 2.29. The van der Waals surface area contributed by atoms with E-state index in [0.717, 1.165) is 29.7 Å². The smallest absolute Gasteiger partial charge is 0.341 e. The van der Waals surface area contributed by atoms with Gasteiger partial charge in [-0.15, -0.1) is 21.5 Å². The lowest BCUT2D eigenvalue weighted by Gasteiger charge is -2.18. The molecule has 2 heterocycles. The van der Waals surface area contributed by atoms with Gasteiger partial charge in [-0.25, -0.2) is 4.79 Å². The van der Waals surface area contributed by atoms with Crippen molar-refractivity contribution in [2.45, 2.75) is 31.3 Å². The number of nitrogens with one attached hydrogen (secondary N) is 1. The lowest BCUT2D eigenvalue weighted by atomic mass is 9.88. The van der Waals surface area contributed by atoms with Crippen molar-refractivity contribution in [1.82, 2.24) is 14.8 Å². The van der Waals surface area contributed by atoms with E-state index in [4.69, 9.17) is 21.1 Å². The van der Waals surface area contributed by atoms with Gasteiger partial charge in [0.15, 0.2) is 11.0 Å². The molecule has 1 aromatic carbocycles. The van der Waals surface area contributed by atoms with Gasteiger partial charge in [0, 0.05) is 16.9 Å². The van der Waals surface area contributed by atoms with Gasteiger partial charge < -0.3 is 19.4 Å². The maximum Gasteiger partial charge on any atom is 0.341 e. The van der Waals surface area contributed by atoms with E-state index >= 15 is 0 Å². The summed E-state index contributed by atoms with van der Waals surface area (Å²) in [7, 11) is 4.76. The predicted molar refractivity (Wildman–Crippen MR) is 134 cm³/mol. The van der Waals surface area contributed by atoms with E-state index in [1.165, 1.54) is 30.2 Å². The summed E-state index contributed by atoms with van der Waals surface area (Å²) >= 11 is 8.87. The molecule has 1 amide bonds. The molecule has 0 fully saturated rings. The molecular weight excluding hydrogens is 496 g/mol. The fourth-order valence-electron chi connectivity index (χ4n) is 3.98. The Morgan fingerprint density at radius 2 is 2.12 bits per heavy atom. The molecule has 180 valence electrons. The standard InChI is InChI=1S/C23H25ClN4O4S2/c1-12-5-7-14-17(9-12)34-21(19(14)22(30)32-4)25-18(29)11-33-23-27-26-20(28(23)2)15-10-13(24)6-8-16(15)31-3/h6,8,10,12H,5,7,9,11H2,1-4H3,(H,25,29). The predicted octanol–water partition coefficient (Wildman–Crippen LogP) is 4.85. The van der Waals surface area contributed by atoms with Gasteiger partial charge in [-0.2, -0.15) is 0 Å². The molecule has 1 N–H and O–H groups in total. The second kappa shape index (κ2) is 10.4. The third kappa shape index (κ3) is 4.94. The van der Waals surface area contributed by atoms with Gasteiger partial charge in [0.2, 0.25) is 5.91 Å². The van der Waals surface area contributed by atoms with E-state index in [-0.39, 0.29) is 11.7 Å². The highest BCUT2D eigenvalue weighted by Crippen LogP contribution is 2.40. The molecule has 0 saturated heterocycles. The molecule has 34 heavy (non-hydrogen) atoms. The Bertz CT molecular complexity index is 1240. The van der Waals surface area contributed by atoms with Crippen molar-refractivity contribution >= 4 is 51.6 Å². The molecule has 11 heteroatoms. The number of benzene rings is 1. The number of carbonyl (C=O) groups excluding carboxylic acids is 2. The van der Waals surface area contributed by atoms with Crippen LogP contribution < -0.4 is 10.1 Å². The number of hydrogen-bond donors (Lipinski definition) is 1. The molecule has 4 rings (SSSR count). The van der Waals surface area contributed by atoms with Crippen molar-refractivity contribution in [3.63, 3.8) is 0 Å². The number of fused-ring (bicyclic) bond motifs is 1. The highest BCUT2D eigenvalue weighted by atomic mass is 35.5. The molecule has 2 aromatic heterocycles. The van der Waals surface area contributed by atoms with Gasteiger partial charge in [0.05, 0.1) is 31.1 Å². The van der Waals surface area contributed by atoms with E-state index < -0.39 is 5.97 Å². The number of nitrogens with zero attached hydrogens (tertiary/aromatic N) is 3. The molecule has 0 spiro atoms. The number of hydrogen-bond acceptors (Lipinski definition) is 8. The van der Waals surface area contributed by atoms with Crippen molar-refractivity contribution in [2.24, 2.45) is 13.0 Å².